The fourth-order valence-corrected chi connectivity index (χ4v) is 3.41. The summed E-state index contributed by atoms with van der Waals surface area (Å²) in [5.74, 6) is -1.22. The van der Waals surface area contributed by atoms with Crippen molar-refractivity contribution in [2.75, 3.05) is 25.2 Å². The van der Waals surface area contributed by atoms with E-state index in [1.807, 2.05) is 0 Å². The second-order valence-corrected chi connectivity index (χ2v) is 8.65. The molecule has 2 aromatic rings. The third-order valence-electron chi connectivity index (χ3n) is 3.76. The Labute approximate surface area is 173 Å². The number of esters is 1. The molecular formula is C18H18Cl2N2O5S. The summed E-state index contributed by atoms with van der Waals surface area (Å²) in [6.45, 7) is -0.523. The number of anilines is 1. The lowest BCUT2D eigenvalue weighted by atomic mass is 10.2. The van der Waals surface area contributed by atoms with E-state index in [1.165, 1.54) is 25.3 Å². The Morgan fingerprint density at radius 1 is 1.11 bits per heavy atom. The van der Waals surface area contributed by atoms with Crippen molar-refractivity contribution in [3.8, 4) is 0 Å². The molecule has 0 aliphatic carbocycles. The second-order valence-electron chi connectivity index (χ2n) is 5.86. The molecule has 2 aromatic carbocycles. The zero-order valence-corrected chi connectivity index (χ0v) is 17.4. The zero-order chi connectivity index (χ0) is 20.9. The van der Waals surface area contributed by atoms with Crippen LogP contribution in [0.15, 0.2) is 42.5 Å². The summed E-state index contributed by atoms with van der Waals surface area (Å²) in [5.41, 5.74) is 0.923. The van der Waals surface area contributed by atoms with E-state index in [2.05, 4.69) is 10.1 Å². The van der Waals surface area contributed by atoms with Gasteiger partial charge in [-0.2, -0.15) is 4.31 Å². The maximum atomic E-state index is 12.4. The van der Waals surface area contributed by atoms with Gasteiger partial charge in [-0.25, -0.2) is 13.2 Å². The number of nitrogens with zero attached hydrogens (tertiary/aromatic N) is 1. The first-order chi connectivity index (χ1) is 13.1. The van der Waals surface area contributed by atoms with E-state index in [0.29, 0.717) is 10.6 Å². The molecule has 0 unspecified atom stereocenters. The van der Waals surface area contributed by atoms with Gasteiger partial charge in [0.25, 0.3) is 0 Å². The number of hydrogen-bond acceptors (Lipinski definition) is 5. The summed E-state index contributed by atoms with van der Waals surface area (Å²) in [5, 5.41) is 3.10. The highest BCUT2D eigenvalue weighted by Gasteiger charge is 2.22. The number of amides is 1. The summed E-state index contributed by atoms with van der Waals surface area (Å²) < 4.78 is 29.8. The minimum absolute atomic E-state index is 0.0676. The minimum Gasteiger partial charge on any atom is -0.465 e. The number of rotatable bonds is 7. The summed E-state index contributed by atoms with van der Waals surface area (Å²) in [4.78, 5) is 24.1. The van der Waals surface area contributed by atoms with Gasteiger partial charge in [-0.1, -0.05) is 41.4 Å². The highest BCUT2D eigenvalue weighted by atomic mass is 35.5. The van der Waals surface area contributed by atoms with E-state index in [1.54, 1.807) is 24.3 Å². The molecule has 0 bridgehead atoms. The van der Waals surface area contributed by atoms with Crippen molar-refractivity contribution < 1.29 is 22.7 Å². The Hall–Kier alpha value is -2.13. The first kappa shape index (κ1) is 22.2. The number of nitrogens with one attached hydrogen (secondary N) is 1. The number of benzene rings is 2. The SMILES string of the molecule is COC(=O)c1ccc(Cl)c(NC(=O)CN(Cc2ccccc2Cl)S(C)(=O)=O)c1. The number of carbonyl (C=O) groups is 2. The van der Waals surface area contributed by atoms with Gasteiger partial charge in [0.2, 0.25) is 15.9 Å². The van der Waals surface area contributed by atoms with Crippen molar-refractivity contribution in [1.29, 1.82) is 0 Å². The molecule has 10 heteroatoms. The van der Waals surface area contributed by atoms with E-state index in [4.69, 9.17) is 23.2 Å². The van der Waals surface area contributed by atoms with Gasteiger partial charge in [-0.05, 0) is 29.8 Å². The molecule has 0 saturated carbocycles. The molecule has 2 rings (SSSR count). The second kappa shape index (κ2) is 9.38. The van der Waals surface area contributed by atoms with Crippen molar-refractivity contribution >= 4 is 50.8 Å². The van der Waals surface area contributed by atoms with Crippen LogP contribution in [0, 0.1) is 0 Å². The molecule has 1 N–H and O–H groups in total. The smallest absolute Gasteiger partial charge is 0.337 e. The third-order valence-corrected chi connectivity index (χ3v) is 5.65. The van der Waals surface area contributed by atoms with E-state index >= 15 is 0 Å². The monoisotopic (exact) mass is 444 g/mol. The van der Waals surface area contributed by atoms with Gasteiger partial charge in [0.1, 0.15) is 0 Å². The quantitative estimate of drug-likeness (QED) is 0.661. The maximum absolute atomic E-state index is 12.4. The molecule has 0 spiro atoms. The first-order valence-electron chi connectivity index (χ1n) is 7.98. The standard InChI is InChI=1S/C18H18Cl2N2O5S/c1-27-18(24)12-7-8-15(20)16(9-12)21-17(23)11-22(28(2,25)26)10-13-5-3-4-6-14(13)19/h3-9H,10-11H2,1-2H3,(H,21,23). The van der Waals surface area contributed by atoms with Gasteiger partial charge in [0.05, 0.1) is 36.2 Å². The van der Waals surface area contributed by atoms with Crippen molar-refractivity contribution in [2.24, 2.45) is 0 Å². The van der Waals surface area contributed by atoms with Gasteiger partial charge in [0, 0.05) is 11.6 Å². The lowest BCUT2D eigenvalue weighted by Gasteiger charge is -2.20. The van der Waals surface area contributed by atoms with E-state index < -0.39 is 28.4 Å². The van der Waals surface area contributed by atoms with Crippen LogP contribution in [0.1, 0.15) is 15.9 Å². The van der Waals surface area contributed by atoms with Crippen LogP contribution < -0.4 is 5.32 Å². The molecule has 7 nitrogen and oxygen atoms in total. The molecule has 150 valence electrons. The molecule has 0 aromatic heterocycles. The molecule has 0 saturated heterocycles. The van der Waals surface area contributed by atoms with Crippen molar-refractivity contribution in [1.82, 2.24) is 4.31 Å². The van der Waals surface area contributed by atoms with Gasteiger partial charge >= 0.3 is 5.97 Å². The number of ether oxygens (including phenoxy) is 1. The molecule has 0 aliphatic rings. The highest BCUT2D eigenvalue weighted by Crippen LogP contribution is 2.24. The Bertz CT molecular complexity index is 995. The Morgan fingerprint density at radius 2 is 1.79 bits per heavy atom. The maximum Gasteiger partial charge on any atom is 0.337 e. The molecule has 0 fully saturated rings. The van der Waals surface area contributed by atoms with E-state index in [0.717, 1.165) is 10.6 Å². The molecule has 0 atom stereocenters. The Morgan fingerprint density at radius 3 is 2.39 bits per heavy atom. The molecule has 0 radical (unpaired) electrons. The summed E-state index contributed by atoms with van der Waals surface area (Å²) in [6.07, 6.45) is 1.00. The van der Waals surface area contributed by atoms with Gasteiger partial charge < -0.3 is 10.1 Å². The predicted octanol–water partition coefficient (Wildman–Crippen LogP) is 3.18. The molecule has 1 amide bonds. The number of sulfonamides is 1. The number of halogens is 2. The average Bonchev–Trinajstić information content (AvgIpc) is 2.63. The molecule has 0 aliphatic heterocycles. The predicted molar refractivity (Wildman–Crippen MR) is 108 cm³/mol. The fraction of sp³-hybridized carbons (Fsp3) is 0.222. The van der Waals surface area contributed by atoms with Gasteiger partial charge in [-0.3, -0.25) is 4.79 Å². The topological polar surface area (TPSA) is 92.8 Å². The summed E-state index contributed by atoms with van der Waals surface area (Å²) in [6, 6.07) is 11.0. The molecule has 0 heterocycles. The Balaban J connectivity index is 2.19. The van der Waals surface area contributed by atoms with Crippen LogP contribution >= 0.6 is 23.2 Å². The zero-order valence-electron chi connectivity index (χ0n) is 15.1. The van der Waals surface area contributed by atoms with Crippen LogP contribution in [0.2, 0.25) is 10.0 Å². The number of hydrogen-bond donors (Lipinski definition) is 1. The lowest BCUT2D eigenvalue weighted by molar-refractivity contribution is -0.116. The molecule has 28 heavy (non-hydrogen) atoms. The van der Waals surface area contributed by atoms with Crippen LogP contribution in [0.25, 0.3) is 0 Å². The van der Waals surface area contributed by atoms with Crippen molar-refractivity contribution in [3.05, 3.63) is 63.6 Å². The Kier molecular flexibility index (Phi) is 7.42. The van der Waals surface area contributed by atoms with E-state index in [-0.39, 0.29) is 22.8 Å². The summed E-state index contributed by atoms with van der Waals surface area (Å²) in [7, 11) is -2.47. The van der Waals surface area contributed by atoms with Gasteiger partial charge in [-0.15, -0.1) is 0 Å². The van der Waals surface area contributed by atoms with Crippen LogP contribution in [-0.2, 0) is 26.1 Å². The van der Waals surface area contributed by atoms with Crippen LogP contribution in [0.3, 0.4) is 0 Å². The third kappa shape index (κ3) is 5.93. The van der Waals surface area contributed by atoms with Crippen LogP contribution in [0.4, 0.5) is 5.69 Å². The van der Waals surface area contributed by atoms with Gasteiger partial charge in [0.15, 0.2) is 0 Å². The lowest BCUT2D eigenvalue weighted by Crippen LogP contribution is -2.37. The minimum atomic E-state index is -3.70. The normalized spacial score (nSPS) is 11.3. The average molecular weight is 445 g/mol. The van der Waals surface area contributed by atoms with Crippen LogP contribution in [0.5, 0.6) is 0 Å². The first-order valence-corrected chi connectivity index (χ1v) is 10.6. The van der Waals surface area contributed by atoms with E-state index in [9.17, 15) is 18.0 Å². The molecular weight excluding hydrogens is 427 g/mol. The summed E-state index contributed by atoms with van der Waals surface area (Å²) >= 11 is 12.1. The number of carbonyl (C=O) groups excluding carboxylic acids is 2. The van der Waals surface area contributed by atoms with Crippen molar-refractivity contribution in [2.45, 2.75) is 6.54 Å². The fourth-order valence-electron chi connectivity index (χ4n) is 2.32. The highest BCUT2D eigenvalue weighted by molar-refractivity contribution is 7.88. The van der Waals surface area contributed by atoms with Crippen LogP contribution in [-0.4, -0.2) is 44.5 Å². The number of methoxy groups -OCH3 is 1. The van der Waals surface area contributed by atoms with Crippen molar-refractivity contribution in [3.63, 3.8) is 0 Å². The largest absolute Gasteiger partial charge is 0.465 e.